The third-order valence-electron chi connectivity index (χ3n) is 5.02. The van der Waals surface area contributed by atoms with Crippen molar-refractivity contribution < 1.29 is 27.8 Å². The number of nitrogens with two attached hydrogens (primary N) is 1. The number of hydrogen-bond donors (Lipinski definition) is 2. The number of benzene rings is 1. The predicted molar refractivity (Wildman–Crippen MR) is 104 cm³/mol. The summed E-state index contributed by atoms with van der Waals surface area (Å²) in [6.07, 6.45) is -2.31. The van der Waals surface area contributed by atoms with Crippen molar-refractivity contribution in [1.29, 1.82) is 0 Å². The van der Waals surface area contributed by atoms with Crippen molar-refractivity contribution in [2.75, 3.05) is 16.8 Å². The molecule has 3 atom stereocenters. The fraction of sp³-hybridized carbons (Fsp3) is 0.421. The van der Waals surface area contributed by atoms with Gasteiger partial charge in [0.15, 0.2) is 5.82 Å². The smallest absolute Gasteiger partial charge is 0.416 e. The molecule has 1 aromatic carbocycles. The van der Waals surface area contributed by atoms with E-state index >= 15 is 0 Å². The maximum Gasteiger partial charge on any atom is 0.416 e. The minimum Gasteiger partial charge on any atom is -0.488 e. The lowest BCUT2D eigenvalue weighted by Crippen LogP contribution is -2.38. The Morgan fingerprint density at radius 1 is 1.40 bits per heavy atom. The number of hydrogen-bond acceptors (Lipinski definition) is 6. The zero-order chi connectivity index (χ0) is 21.6. The fourth-order valence-electron chi connectivity index (χ4n) is 3.50. The van der Waals surface area contributed by atoms with Crippen molar-refractivity contribution >= 4 is 23.5 Å². The van der Waals surface area contributed by atoms with Gasteiger partial charge < -0.3 is 25.1 Å². The summed E-state index contributed by atoms with van der Waals surface area (Å²) < 4.78 is 39.2. The SMILES string of the molecule is C[C@H](Nc1ccc2c(c1)O[C@@H](C)Cn1cc(N3C(=O)OCC3C(F)F)nc1-2)C(N)=O. The molecule has 0 aliphatic carbocycles. The maximum atomic E-state index is 13.3. The number of fused-ring (bicyclic) bond motifs is 3. The van der Waals surface area contributed by atoms with E-state index in [-0.39, 0.29) is 18.5 Å². The number of aromatic nitrogens is 2. The number of cyclic esters (lactones) is 1. The van der Waals surface area contributed by atoms with Gasteiger partial charge in [-0.25, -0.2) is 23.5 Å². The van der Waals surface area contributed by atoms with E-state index in [9.17, 15) is 18.4 Å². The Hall–Kier alpha value is -3.37. The van der Waals surface area contributed by atoms with Crippen LogP contribution in [0, 0.1) is 0 Å². The highest BCUT2D eigenvalue weighted by Crippen LogP contribution is 2.38. The van der Waals surface area contributed by atoms with E-state index < -0.39 is 30.5 Å². The molecular formula is C19H21F2N5O4. The van der Waals surface area contributed by atoms with Crippen LogP contribution in [-0.4, -0.2) is 52.8 Å². The first kappa shape index (κ1) is 19.9. The Balaban J connectivity index is 1.72. The summed E-state index contributed by atoms with van der Waals surface area (Å²) in [5.41, 5.74) is 6.56. The van der Waals surface area contributed by atoms with Gasteiger partial charge in [0.1, 0.15) is 36.4 Å². The number of nitrogens with zero attached hydrogens (tertiary/aromatic N) is 3. The zero-order valence-electron chi connectivity index (χ0n) is 16.3. The normalized spacial score (nSPS) is 21.4. The number of imidazole rings is 1. The summed E-state index contributed by atoms with van der Waals surface area (Å²) in [4.78, 5) is 28.7. The van der Waals surface area contributed by atoms with Gasteiger partial charge >= 0.3 is 6.09 Å². The second-order valence-corrected chi connectivity index (χ2v) is 7.33. The van der Waals surface area contributed by atoms with Crippen LogP contribution in [0.4, 0.5) is 25.1 Å². The van der Waals surface area contributed by atoms with Crippen molar-refractivity contribution in [1.82, 2.24) is 9.55 Å². The monoisotopic (exact) mass is 421 g/mol. The van der Waals surface area contributed by atoms with Crippen LogP contribution in [0.3, 0.4) is 0 Å². The average Bonchev–Trinajstić information content (AvgIpc) is 3.22. The summed E-state index contributed by atoms with van der Waals surface area (Å²) in [5.74, 6) is 0.592. The average molecular weight is 421 g/mol. The number of carbonyl (C=O) groups excluding carboxylic acids is 2. The molecule has 2 amide bonds. The first-order chi connectivity index (χ1) is 14.2. The number of halogens is 2. The van der Waals surface area contributed by atoms with E-state index in [4.69, 9.17) is 15.2 Å². The van der Waals surface area contributed by atoms with Crippen LogP contribution < -0.4 is 20.7 Å². The molecule has 160 valence electrons. The van der Waals surface area contributed by atoms with Crippen LogP contribution in [0.25, 0.3) is 11.4 Å². The molecule has 4 rings (SSSR count). The third-order valence-corrected chi connectivity index (χ3v) is 5.02. The first-order valence-electron chi connectivity index (χ1n) is 9.43. The van der Waals surface area contributed by atoms with Crippen LogP contribution in [0.1, 0.15) is 13.8 Å². The van der Waals surface area contributed by atoms with Gasteiger partial charge in [-0.05, 0) is 26.0 Å². The van der Waals surface area contributed by atoms with Crippen LogP contribution in [-0.2, 0) is 16.1 Å². The van der Waals surface area contributed by atoms with Crippen molar-refractivity contribution in [2.45, 2.75) is 45.0 Å². The van der Waals surface area contributed by atoms with E-state index in [0.29, 0.717) is 29.4 Å². The molecule has 9 nitrogen and oxygen atoms in total. The molecule has 0 spiro atoms. The van der Waals surface area contributed by atoms with Crippen molar-refractivity contribution in [3.8, 4) is 17.1 Å². The third kappa shape index (κ3) is 3.51. The highest BCUT2D eigenvalue weighted by atomic mass is 19.3. The highest BCUT2D eigenvalue weighted by Gasteiger charge is 2.42. The quantitative estimate of drug-likeness (QED) is 0.766. The first-order valence-corrected chi connectivity index (χ1v) is 9.43. The summed E-state index contributed by atoms with van der Waals surface area (Å²) >= 11 is 0. The topological polar surface area (TPSA) is 112 Å². The van der Waals surface area contributed by atoms with Crippen molar-refractivity contribution in [2.24, 2.45) is 5.73 Å². The van der Waals surface area contributed by atoms with Crippen LogP contribution in [0.2, 0.25) is 0 Å². The van der Waals surface area contributed by atoms with Gasteiger partial charge in [0.25, 0.3) is 6.43 Å². The molecule has 1 saturated heterocycles. The summed E-state index contributed by atoms with van der Waals surface area (Å²) in [7, 11) is 0. The number of nitrogens with one attached hydrogen (secondary N) is 1. The lowest BCUT2D eigenvalue weighted by molar-refractivity contribution is -0.118. The van der Waals surface area contributed by atoms with Crippen LogP contribution in [0.15, 0.2) is 24.4 Å². The molecule has 2 aliphatic rings. The van der Waals surface area contributed by atoms with Crippen molar-refractivity contribution in [3.63, 3.8) is 0 Å². The number of ether oxygens (including phenoxy) is 2. The Kier molecular flexibility index (Phi) is 4.96. The summed E-state index contributed by atoms with van der Waals surface area (Å²) in [6.45, 7) is 3.52. The highest BCUT2D eigenvalue weighted by molar-refractivity contribution is 5.90. The molecule has 1 aromatic heterocycles. The zero-order valence-corrected chi connectivity index (χ0v) is 16.3. The lowest BCUT2D eigenvalue weighted by Gasteiger charge is -2.18. The van der Waals surface area contributed by atoms with Gasteiger partial charge in [-0.1, -0.05) is 0 Å². The molecule has 0 bridgehead atoms. The number of rotatable bonds is 5. The van der Waals surface area contributed by atoms with Crippen molar-refractivity contribution in [3.05, 3.63) is 24.4 Å². The molecule has 1 fully saturated rings. The van der Waals surface area contributed by atoms with E-state index in [2.05, 4.69) is 10.3 Å². The standard InChI is InChI=1S/C19H21F2N5O4/c1-9-6-25-7-15(26-13(16(20)21)8-29-19(26)28)24-18(25)12-4-3-11(5-14(12)30-9)23-10(2)17(22)27/h3-5,7,9-10,13,16,23H,6,8H2,1-2H3,(H2,22,27)/t9-,10-,13?/m0/s1. The second kappa shape index (κ2) is 7.47. The molecule has 0 saturated carbocycles. The number of anilines is 2. The van der Waals surface area contributed by atoms with Gasteiger partial charge in [-0.2, -0.15) is 0 Å². The molecule has 11 heteroatoms. The molecule has 2 aromatic rings. The molecular weight excluding hydrogens is 400 g/mol. The largest absolute Gasteiger partial charge is 0.488 e. The van der Waals surface area contributed by atoms with E-state index in [0.717, 1.165) is 4.90 Å². The van der Waals surface area contributed by atoms with E-state index in [1.54, 1.807) is 35.9 Å². The fourth-order valence-corrected chi connectivity index (χ4v) is 3.50. The molecule has 1 unspecified atom stereocenters. The number of amides is 2. The second-order valence-electron chi connectivity index (χ2n) is 7.33. The lowest BCUT2D eigenvalue weighted by atomic mass is 10.1. The van der Waals surface area contributed by atoms with Gasteiger partial charge in [-0.15, -0.1) is 0 Å². The van der Waals surface area contributed by atoms with Gasteiger partial charge in [0, 0.05) is 18.0 Å². The van der Waals surface area contributed by atoms with Gasteiger partial charge in [0.2, 0.25) is 5.91 Å². The molecule has 3 N–H and O–H groups in total. The number of carbonyl (C=O) groups is 2. The predicted octanol–water partition coefficient (Wildman–Crippen LogP) is 2.21. The van der Waals surface area contributed by atoms with Crippen LogP contribution >= 0.6 is 0 Å². The minimum absolute atomic E-state index is 0.0994. The molecule has 3 heterocycles. The van der Waals surface area contributed by atoms with Gasteiger partial charge in [0.05, 0.1) is 12.1 Å². The minimum atomic E-state index is -2.76. The van der Waals surface area contributed by atoms with Crippen LogP contribution in [0.5, 0.6) is 5.75 Å². The Morgan fingerprint density at radius 2 is 2.17 bits per heavy atom. The molecule has 30 heavy (non-hydrogen) atoms. The molecule has 0 radical (unpaired) electrons. The molecule has 2 aliphatic heterocycles. The number of alkyl halides is 2. The Labute approximate surface area is 170 Å². The summed E-state index contributed by atoms with van der Waals surface area (Å²) in [6, 6.07) is 3.25. The van der Waals surface area contributed by atoms with E-state index in [1.807, 2.05) is 6.92 Å². The Morgan fingerprint density at radius 3 is 2.87 bits per heavy atom. The Bertz CT molecular complexity index is 995. The summed E-state index contributed by atoms with van der Waals surface area (Å²) in [5, 5.41) is 2.99. The van der Waals surface area contributed by atoms with E-state index in [1.165, 1.54) is 0 Å². The number of primary amides is 1. The van der Waals surface area contributed by atoms with Gasteiger partial charge in [-0.3, -0.25) is 4.79 Å². The maximum absolute atomic E-state index is 13.3.